The fourth-order valence-electron chi connectivity index (χ4n) is 4.58. The largest absolute Gasteiger partial charge is 0.494 e. The van der Waals surface area contributed by atoms with E-state index in [1.165, 1.54) is 43.2 Å². The summed E-state index contributed by atoms with van der Waals surface area (Å²) in [4.78, 5) is 0. The van der Waals surface area contributed by atoms with Crippen LogP contribution in [-0.4, -0.2) is 6.61 Å². The first-order valence-electron chi connectivity index (χ1n) is 12.8. The number of benzene rings is 2. The molecule has 4 heteroatoms. The fraction of sp³-hybridized carbons (Fsp3) is 0.290. The Morgan fingerprint density at radius 3 is 2.11 bits per heavy atom. The Labute approximate surface area is 207 Å². The maximum absolute atomic E-state index is 6.02. The van der Waals surface area contributed by atoms with E-state index in [9.17, 15) is 0 Å². The van der Waals surface area contributed by atoms with Gasteiger partial charge < -0.3 is 9.15 Å². The lowest BCUT2D eigenvalue weighted by Crippen LogP contribution is -2.32. The predicted octanol–water partition coefficient (Wildman–Crippen LogP) is 6.78. The van der Waals surface area contributed by atoms with E-state index in [0.29, 0.717) is 0 Å². The molecular formula is C31H34N2O2+2. The van der Waals surface area contributed by atoms with Crippen LogP contribution in [0.15, 0.2) is 95.9 Å². The van der Waals surface area contributed by atoms with E-state index in [1.54, 1.807) is 0 Å². The van der Waals surface area contributed by atoms with Crippen molar-refractivity contribution in [1.82, 2.24) is 0 Å². The van der Waals surface area contributed by atoms with Crippen LogP contribution < -0.4 is 13.9 Å². The zero-order valence-electron chi connectivity index (χ0n) is 20.5. The number of furan rings is 1. The molecule has 35 heavy (non-hydrogen) atoms. The van der Waals surface area contributed by atoms with Gasteiger partial charge in [0.15, 0.2) is 24.8 Å². The maximum atomic E-state index is 6.02. The van der Waals surface area contributed by atoms with Crippen LogP contribution in [0.2, 0.25) is 0 Å². The van der Waals surface area contributed by atoms with Gasteiger partial charge in [0.25, 0.3) is 0 Å². The van der Waals surface area contributed by atoms with Crippen LogP contribution in [0, 0.1) is 0 Å². The van der Waals surface area contributed by atoms with Crippen molar-refractivity contribution in [3.63, 3.8) is 0 Å². The molecule has 4 nitrogen and oxygen atoms in total. The summed E-state index contributed by atoms with van der Waals surface area (Å²) in [6.45, 7) is 1.85. The molecule has 0 aliphatic carbocycles. The Kier molecular flexibility index (Phi) is 7.38. The van der Waals surface area contributed by atoms with Crippen molar-refractivity contribution in [2.75, 3.05) is 6.61 Å². The summed E-state index contributed by atoms with van der Waals surface area (Å²) in [7, 11) is 2.04. The SMILES string of the molecule is C[n+]1ccc(-c2cc[n+](CCCCCCCCOc3ccc4oc5ccccc5c4c3)cc2)cc1. The summed E-state index contributed by atoms with van der Waals surface area (Å²) in [5, 5.41) is 2.27. The van der Waals surface area contributed by atoms with Gasteiger partial charge in [-0.2, -0.15) is 0 Å². The molecular weight excluding hydrogens is 432 g/mol. The molecule has 0 bridgehead atoms. The van der Waals surface area contributed by atoms with E-state index < -0.39 is 0 Å². The molecule has 0 N–H and O–H groups in total. The molecule has 0 radical (unpaired) electrons. The lowest BCUT2D eigenvalue weighted by atomic mass is 10.1. The minimum absolute atomic E-state index is 0.767. The van der Waals surface area contributed by atoms with Crippen LogP contribution in [-0.2, 0) is 13.6 Å². The van der Waals surface area contributed by atoms with Gasteiger partial charge in [-0.3, -0.25) is 0 Å². The average molecular weight is 467 g/mol. The van der Waals surface area contributed by atoms with Crippen molar-refractivity contribution in [2.45, 2.75) is 45.1 Å². The number of aromatic nitrogens is 2. The minimum atomic E-state index is 0.767. The van der Waals surface area contributed by atoms with Crippen molar-refractivity contribution in [3.8, 4) is 16.9 Å². The highest BCUT2D eigenvalue weighted by Gasteiger charge is 2.08. The Balaban J connectivity index is 0.968. The average Bonchev–Trinajstić information content (AvgIpc) is 3.27. The van der Waals surface area contributed by atoms with Crippen LogP contribution in [0.25, 0.3) is 33.1 Å². The zero-order chi connectivity index (χ0) is 23.9. The highest BCUT2D eigenvalue weighted by molar-refractivity contribution is 6.05. The van der Waals surface area contributed by atoms with Gasteiger partial charge in [0.05, 0.1) is 6.61 Å². The molecule has 178 valence electrons. The van der Waals surface area contributed by atoms with Crippen LogP contribution in [0.4, 0.5) is 0 Å². The molecule has 0 saturated heterocycles. The molecule has 0 aliphatic rings. The minimum Gasteiger partial charge on any atom is -0.494 e. The van der Waals surface area contributed by atoms with Gasteiger partial charge in [0.2, 0.25) is 0 Å². The Morgan fingerprint density at radius 1 is 0.657 bits per heavy atom. The predicted molar refractivity (Wildman–Crippen MR) is 140 cm³/mol. The monoisotopic (exact) mass is 466 g/mol. The number of fused-ring (bicyclic) bond motifs is 3. The second-order valence-electron chi connectivity index (χ2n) is 9.30. The second kappa shape index (κ2) is 11.2. The first-order chi connectivity index (χ1) is 17.3. The number of rotatable bonds is 11. The number of nitrogens with zero attached hydrogens (tertiary/aromatic N) is 2. The maximum Gasteiger partial charge on any atom is 0.169 e. The third kappa shape index (κ3) is 5.89. The number of para-hydroxylation sites is 1. The Hall–Kier alpha value is -3.66. The van der Waals surface area contributed by atoms with Crippen molar-refractivity contribution < 1.29 is 18.3 Å². The number of hydrogen-bond donors (Lipinski definition) is 0. The molecule has 5 aromatic rings. The quantitative estimate of drug-likeness (QED) is 0.159. The summed E-state index contributed by atoms with van der Waals surface area (Å²) in [6, 6.07) is 23.0. The number of hydrogen-bond acceptors (Lipinski definition) is 2. The lowest BCUT2D eigenvalue weighted by molar-refractivity contribution is -0.697. The van der Waals surface area contributed by atoms with Gasteiger partial charge in [0.1, 0.15) is 30.5 Å². The van der Waals surface area contributed by atoms with Crippen LogP contribution >= 0.6 is 0 Å². The third-order valence-corrected chi connectivity index (χ3v) is 6.63. The fourth-order valence-corrected chi connectivity index (χ4v) is 4.58. The Bertz CT molecular complexity index is 1370. The van der Waals surface area contributed by atoms with Crippen molar-refractivity contribution in [1.29, 1.82) is 0 Å². The first-order valence-corrected chi connectivity index (χ1v) is 12.8. The van der Waals surface area contributed by atoms with E-state index in [1.807, 2.05) is 37.4 Å². The molecule has 5 rings (SSSR count). The van der Waals surface area contributed by atoms with Crippen molar-refractivity contribution >= 4 is 21.9 Å². The number of ether oxygens (including phenoxy) is 1. The summed E-state index contributed by atoms with van der Waals surface area (Å²) in [5.74, 6) is 0.924. The van der Waals surface area contributed by atoms with E-state index in [2.05, 4.69) is 70.3 Å². The molecule has 0 fully saturated rings. The van der Waals surface area contributed by atoms with Crippen molar-refractivity contribution in [3.05, 3.63) is 91.5 Å². The Morgan fingerprint density at radius 2 is 1.31 bits per heavy atom. The second-order valence-corrected chi connectivity index (χ2v) is 9.30. The summed E-state index contributed by atoms with van der Waals surface area (Å²) >= 11 is 0. The van der Waals surface area contributed by atoms with Gasteiger partial charge in [-0.1, -0.05) is 37.5 Å². The normalized spacial score (nSPS) is 11.3. The van der Waals surface area contributed by atoms with Gasteiger partial charge in [0, 0.05) is 41.5 Å². The van der Waals surface area contributed by atoms with Crippen LogP contribution in [0.1, 0.15) is 38.5 Å². The smallest absolute Gasteiger partial charge is 0.169 e. The topological polar surface area (TPSA) is 30.1 Å². The summed E-state index contributed by atoms with van der Waals surface area (Å²) < 4.78 is 16.3. The molecule has 3 heterocycles. The van der Waals surface area contributed by atoms with Gasteiger partial charge >= 0.3 is 0 Å². The zero-order valence-corrected chi connectivity index (χ0v) is 20.5. The van der Waals surface area contributed by atoms with Crippen LogP contribution in [0.3, 0.4) is 0 Å². The van der Waals surface area contributed by atoms with Crippen LogP contribution in [0.5, 0.6) is 5.75 Å². The van der Waals surface area contributed by atoms with Gasteiger partial charge in [-0.05, 0) is 48.2 Å². The molecule has 0 aliphatic heterocycles. The molecule has 0 atom stereocenters. The molecule has 2 aromatic carbocycles. The van der Waals surface area contributed by atoms with E-state index in [4.69, 9.17) is 9.15 Å². The number of pyridine rings is 2. The standard InChI is InChI=1S/C31H34N2O2/c1-32-19-14-25(15-20-32)26-16-21-33(22-17-26)18-8-4-2-3-5-9-23-34-27-12-13-31-29(24-27)28-10-6-7-11-30(28)35-31/h6-7,10-17,19-22,24H,2-5,8-9,18,23H2,1H3/q+2. The van der Waals surface area contributed by atoms with Crippen molar-refractivity contribution in [2.24, 2.45) is 7.05 Å². The number of unbranched alkanes of at least 4 members (excludes halogenated alkanes) is 5. The van der Waals surface area contributed by atoms with E-state index in [-0.39, 0.29) is 0 Å². The lowest BCUT2D eigenvalue weighted by Gasteiger charge is -2.06. The highest BCUT2D eigenvalue weighted by Crippen LogP contribution is 2.31. The molecule has 0 amide bonds. The summed E-state index contributed by atoms with van der Waals surface area (Å²) in [5.41, 5.74) is 4.37. The van der Waals surface area contributed by atoms with Gasteiger partial charge in [-0.25, -0.2) is 9.13 Å². The highest BCUT2D eigenvalue weighted by atomic mass is 16.5. The van der Waals surface area contributed by atoms with E-state index >= 15 is 0 Å². The first kappa shape index (κ1) is 23.1. The molecule has 0 unspecified atom stereocenters. The number of aryl methyl sites for hydroxylation is 2. The van der Waals surface area contributed by atoms with E-state index in [0.717, 1.165) is 47.3 Å². The third-order valence-electron chi connectivity index (χ3n) is 6.63. The molecule has 0 spiro atoms. The summed E-state index contributed by atoms with van der Waals surface area (Å²) in [6.07, 6.45) is 15.9. The molecule has 3 aromatic heterocycles. The van der Waals surface area contributed by atoms with Gasteiger partial charge in [-0.15, -0.1) is 0 Å². The molecule has 0 saturated carbocycles.